The van der Waals surface area contributed by atoms with Gasteiger partial charge in [-0.05, 0) is 43.9 Å². The van der Waals surface area contributed by atoms with Crippen LogP contribution in [0.2, 0.25) is 0 Å². The predicted molar refractivity (Wildman–Crippen MR) is 117 cm³/mol. The average molecular weight is 445 g/mol. The molecule has 1 aromatic heterocycles. The molecular weight excluding hydrogens is 416 g/mol. The zero-order chi connectivity index (χ0) is 22.0. The first-order valence-corrected chi connectivity index (χ1v) is 12.5. The van der Waals surface area contributed by atoms with Gasteiger partial charge in [0.1, 0.15) is 0 Å². The van der Waals surface area contributed by atoms with Gasteiger partial charge < -0.3 is 10.2 Å². The Kier molecular flexibility index (Phi) is 6.13. The van der Waals surface area contributed by atoms with E-state index in [2.05, 4.69) is 10.4 Å². The minimum atomic E-state index is -3.06. The minimum absolute atomic E-state index is 0.0170. The number of carbonyl (C=O) groups is 2. The monoisotopic (exact) mass is 444 g/mol. The van der Waals surface area contributed by atoms with Gasteiger partial charge in [0.2, 0.25) is 11.8 Å². The quantitative estimate of drug-likeness (QED) is 0.648. The van der Waals surface area contributed by atoms with Crippen molar-refractivity contribution in [3.63, 3.8) is 0 Å². The van der Waals surface area contributed by atoms with Gasteiger partial charge in [0.05, 0.1) is 28.8 Å². The summed E-state index contributed by atoms with van der Waals surface area (Å²) in [6.45, 7) is 2.82. The van der Waals surface area contributed by atoms with Crippen LogP contribution < -0.4 is 5.32 Å². The van der Waals surface area contributed by atoms with Crippen LogP contribution in [0.5, 0.6) is 0 Å². The van der Waals surface area contributed by atoms with Gasteiger partial charge in [-0.1, -0.05) is 18.2 Å². The fraction of sp³-hybridized carbons (Fsp3) is 0.500. The van der Waals surface area contributed by atoms with E-state index in [0.29, 0.717) is 19.5 Å². The number of sulfone groups is 1. The Morgan fingerprint density at radius 3 is 2.74 bits per heavy atom. The molecule has 0 bridgehead atoms. The standard InChI is InChI=1S/C22H28N4O4S/c1-16-17(14-26(24-16)19-7-3-2-4-8-19)6-5-10-23-22(28)18-12-21(27)25(13-18)20-9-11-31(29,30)15-20/h2-4,7-8,14,18,20H,5-6,9-13,15H2,1H3,(H,23,28)/t18-,20+/m0/s1. The summed E-state index contributed by atoms with van der Waals surface area (Å²) in [7, 11) is -3.06. The topological polar surface area (TPSA) is 101 Å². The molecule has 8 nitrogen and oxygen atoms in total. The number of rotatable bonds is 7. The number of benzene rings is 1. The van der Waals surface area contributed by atoms with Crippen LogP contribution in [0.25, 0.3) is 5.69 Å². The SMILES string of the molecule is Cc1nn(-c2ccccc2)cc1CCCNC(=O)[C@H]1CC(=O)N([C@@H]2CCS(=O)(=O)C2)C1. The average Bonchev–Trinajstić information content (AvgIpc) is 3.42. The number of para-hydroxylation sites is 1. The highest BCUT2D eigenvalue weighted by atomic mass is 32.2. The lowest BCUT2D eigenvalue weighted by atomic mass is 10.1. The number of aryl methyl sites for hydroxylation is 2. The summed E-state index contributed by atoms with van der Waals surface area (Å²) in [5.74, 6) is -0.514. The van der Waals surface area contributed by atoms with Gasteiger partial charge in [0.15, 0.2) is 9.84 Å². The highest BCUT2D eigenvalue weighted by Crippen LogP contribution is 2.26. The predicted octanol–water partition coefficient (Wildman–Crippen LogP) is 1.27. The van der Waals surface area contributed by atoms with Crippen LogP contribution >= 0.6 is 0 Å². The summed E-state index contributed by atoms with van der Waals surface area (Å²) in [6.07, 6.45) is 4.23. The first kappa shape index (κ1) is 21.5. The summed E-state index contributed by atoms with van der Waals surface area (Å²) in [6, 6.07) is 9.65. The Hall–Kier alpha value is -2.68. The largest absolute Gasteiger partial charge is 0.356 e. The zero-order valence-electron chi connectivity index (χ0n) is 17.7. The molecule has 2 aromatic rings. The van der Waals surface area contributed by atoms with E-state index in [1.54, 1.807) is 4.90 Å². The number of likely N-dealkylation sites (tertiary alicyclic amines) is 1. The molecule has 1 aromatic carbocycles. The molecule has 3 heterocycles. The number of hydrogen-bond donors (Lipinski definition) is 1. The van der Waals surface area contributed by atoms with Gasteiger partial charge in [-0.15, -0.1) is 0 Å². The van der Waals surface area contributed by atoms with Gasteiger partial charge in [-0.25, -0.2) is 13.1 Å². The highest BCUT2D eigenvalue weighted by molar-refractivity contribution is 7.91. The third kappa shape index (κ3) is 4.98. The van der Waals surface area contributed by atoms with Crippen molar-refractivity contribution in [1.82, 2.24) is 20.0 Å². The maximum absolute atomic E-state index is 12.5. The molecule has 2 aliphatic rings. The van der Waals surface area contributed by atoms with E-state index in [9.17, 15) is 18.0 Å². The number of carbonyl (C=O) groups excluding carboxylic acids is 2. The van der Waals surface area contributed by atoms with Crippen molar-refractivity contribution in [3.8, 4) is 5.69 Å². The van der Waals surface area contributed by atoms with Gasteiger partial charge >= 0.3 is 0 Å². The minimum Gasteiger partial charge on any atom is -0.356 e. The lowest BCUT2D eigenvalue weighted by Gasteiger charge is -2.22. The first-order chi connectivity index (χ1) is 14.8. The molecule has 0 spiro atoms. The molecule has 2 aliphatic heterocycles. The second kappa shape index (κ2) is 8.82. The fourth-order valence-corrected chi connectivity index (χ4v) is 6.10. The van der Waals surface area contributed by atoms with E-state index >= 15 is 0 Å². The zero-order valence-corrected chi connectivity index (χ0v) is 18.5. The molecule has 2 atom stereocenters. The van der Waals surface area contributed by atoms with E-state index in [1.807, 2.05) is 48.1 Å². The van der Waals surface area contributed by atoms with Crippen LogP contribution in [0.1, 0.15) is 30.5 Å². The number of aromatic nitrogens is 2. The summed E-state index contributed by atoms with van der Waals surface area (Å²) in [5, 5.41) is 7.50. The van der Waals surface area contributed by atoms with Crippen LogP contribution in [0, 0.1) is 12.8 Å². The Morgan fingerprint density at radius 1 is 1.26 bits per heavy atom. The van der Waals surface area contributed by atoms with Crippen LogP contribution in [0.15, 0.2) is 36.5 Å². The third-order valence-electron chi connectivity index (χ3n) is 6.12. The van der Waals surface area contributed by atoms with Crippen molar-refractivity contribution < 1.29 is 18.0 Å². The molecule has 166 valence electrons. The Labute approximate surface area is 182 Å². The van der Waals surface area contributed by atoms with Crippen molar-refractivity contribution >= 4 is 21.7 Å². The van der Waals surface area contributed by atoms with E-state index in [4.69, 9.17) is 0 Å². The Balaban J connectivity index is 1.24. The molecule has 0 saturated carbocycles. The van der Waals surface area contributed by atoms with Crippen molar-refractivity contribution in [2.75, 3.05) is 24.6 Å². The van der Waals surface area contributed by atoms with Gasteiger partial charge in [-0.2, -0.15) is 5.10 Å². The maximum Gasteiger partial charge on any atom is 0.225 e. The molecule has 2 amide bonds. The van der Waals surface area contributed by atoms with E-state index in [0.717, 1.165) is 29.8 Å². The van der Waals surface area contributed by atoms with Crippen molar-refractivity contribution in [2.45, 2.75) is 38.6 Å². The molecule has 2 saturated heterocycles. The van der Waals surface area contributed by atoms with Crippen LogP contribution in [-0.2, 0) is 25.8 Å². The number of nitrogens with zero attached hydrogens (tertiary/aromatic N) is 3. The van der Waals surface area contributed by atoms with Gasteiger partial charge in [-0.3, -0.25) is 9.59 Å². The lowest BCUT2D eigenvalue weighted by Crippen LogP contribution is -2.39. The van der Waals surface area contributed by atoms with Crippen molar-refractivity contribution in [3.05, 3.63) is 47.8 Å². The third-order valence-corrected chi connectivity index (χ3v) is 7.87. The van der Waals surface area contributed by atoms with Crippen LogP contribution in [0.3, 0.4) is 0 Å². The van der Waals surface area contributed by atoms with Crippen molar-refractivity contribution in [1.29, 1.82) is 0 Å². The molecule has 2 fully saturated rings. The van der Waals surface area contributed by atoms with E-state index < -0.39 is 15.8 Å². The Morgan fingerprint density at radius 2 is 2.03 bits per heavy atom. The van der Waals surface area contributed by atoms with E-state index in [1.165, 1.54) is 0 Å². The fourth-order valence-electron chi connectivity index (χ4n) is 4.37. The summed E-state index contributed by atoms with van der Waals surface area (Å²) >= 11 is 0. The number of hydrogen-bond acceptors (Lipinski definition) is 5. The maximum atomic E-state index is 12.5. The first-order valence-electron chi connectivity index (χ1n) is 10.7. The van der Waals surface area contributed by atoms with Gasteiger partial charge in [0.25, 0.3) is 0 Å². The number of amides is 2. The van der Waals surface area contributed by atoms with Crippen LogP contribution in [0.4, 0.5) is 0 Å². The number of nitrogens with one attached hydrogen (secondary N) is 1. The second-order valence-corrected chi connectivity index (χ2v) is 10.6. The molecular formula is C22H28N4O4S. The molecule has 0 radical (unpaired) electrons. The van der Waals surface area contributed by atoms with Crippen molar-refractivity contribution in [2.24, 2.45) is 5.92 Å². The summed E-state index contributed by atoms with van der Waals surface area (Å²) < 4.78 is 25.3. The van der Waals surface area contributed by atoms with E-state index in [-0.39, 0.29) is 35.8 Å². The smallest absolute Gasteiger partial charge is 0.225 e. The molecule has 0 unspecified atom stereocenters. The second-order valence-electron chi connectivity index (χ2n) is 8.42. The molecule has 1 N–H and O–H groups in total. The summed E-state index contributed by atoms with van der Waals surface area (Å²) in [4.78, 5) is 26.4. The Bertz CT molecular complexity index is 1060. The highest BCUT2D eigenvalue weighted by Gasteiger charge is 2.41. The normalized spacial score (nSPS) is 22.7. The molecule has 9 heteroatoms. The lowest BCUT2D eigenvalue weighted by molar-refractivity contribution is -0.130. The van der Waals surface area contributed by atoms with Gasteiger partial charge in [0, 0.05) is 31.7 Å². The molecule has 31 heavy (non-hydrogen) atoms. The molecule has 4 rings (SSSR count). The van der Waals surface area contributed by atoms with Crippen LogP contribution in [-0.4, -0.2) is 65.5 Å². The summed E-state index contributed by atoms with van der Waals surface area (Å²) in [5.41, 5.74) is 3.12. The molecule has 0 aliphatic carbocycles.